The maximum atomic E-state index is 13.8. The number of anilines is 1. The van der Waals surface area contributed by atoms with Crippen LogP contribution in [0.1, 0.15) is 59.8 Å². The molecule has 2 amide bonds. The van der Waals surface area contributed by atoms with Gasteiger partial charge >= 0.3 is 6.18 Å². The molecule has 0 bridgehead atoms. The number of hydrogen-bond acceptors (Lipinski definition) is 5. The topological polar surface area (TPSA) is 84.4 Å². The van der Waals surface area contributed by atoms with Gasteiger partial charge < -0.3 is 10.1 Å². The van der Waals surface area contributed by atoms with Crippen molar-refractivity contribution in [3.05, 3.63) is 83.9 Å². The lowest BCUT2D eigenvalue weighted by molar-refractivity contribution is -0.137. The van der Waals surface area contributed by atoms with E-state index in [2.05, 4.69) is 15.3 Å². The normalized spacial score (nSPS) is 15.0. The van der Waals surface area contributed by atoms with Crippen LogP contribution in [0.25, 0.3) is 0 Å². The molecule has 194 valence electrons. The minimum absolute atomic E-state index is 0.0861. The predicted octanol–water partition coefficient (Wildman–Crippen LogP) is 5.34. The molecule has 1 saturated carbocycles. The number of methoxy groups -OCH3 is 1. The van der Waals surface area contributed by atoms with Crippen LogP contribution in [0.15, 0.2) is 67.1 Å². The Balaban J connectivity index is 1.84. The van der Waals surface area contributed by atoms with Crippen molar-refractivity contribution in [1.29, 1.82) is 0 Å². The molecule has 4 rings (SSSR count). The summed E-state index contributed by atoms with van der Waals surface area (Å²) in [5.74, 6) is -0.722. The third kappa shape index (κ3) is 6.25. The number of nitrogens with one attached hydrogen (secondary N) is 1. The van der Waals surface area contributed by atoms with Crippen molar-refractivity contribution in [2.75, 3.05) is 12.0 Å². The molecular weight excluding hydrogens is 485 g/mol. The Bertz CT molecular complexity index is 1210. The highest BCUT2D eigenvalue weighted by Gasteiger charge is 2.37. The van der Waals surface area contributed by atoms with Crippen LogP contribution < -0.4 is 15.0 Å². The molecule has 0 aliphatic heterocycles. The number of ether oxygens (including phenoxy) is 1. The van der Waals surface area contributed by atoms with Crippen molar-refractivity contribution >= 4 is 17.5 Å². The Labute approximate surface area is 212 Å². The minimum atomic E-state index is -4.64. The van der Waals surface area contributed by atoms with Crippen molar-refractivity contribution in [3.63, 3.8) is 0 Å². The van der Waals surface area contributed by atoms with Gasteiger partial charge in [-0.05, 0) is 48.7 Å². The molecule has 2 aromatic carbocycles. The summed E-state index contributed by atoms with van der Waals surface area (Å²) in [6.45, 7) is 0. The van der Waals surface area contributed by atoms with Crippen molar-refractivity contribution < 1.29 is 27.5 Å². The summed E-state index contributed by atoms with van der Waals surface area (Å²) in [7, 11) is 1.49. The van der Waals surface area contributed by atoms with Gasteiger partial charge in [0.2, 0.25) is 5.91 Å². The first kappa shape index (κ1) is 26.1. The summed E-state index contributed by atoms with van der Waals surface area (Å²) in [5.41, 5.74) is -0.735. The van der Waals surface area contributed by atoms with Gasteiger partial charge in [0, 0.05) is 24.1 Å². The lowest BCUT2D eigenvalue weighted by Gasteiger charge is -2.33. The first-order chi connectivity index (χ1) is 17.8. The van der Waals surface area contributed by atoms with Gasteiger partial charge in [0.25, 0.3) is 5.91 Å². The van der Waals surface area contributed by atoms with Crippen LogP contribution in [0.4, 0.5) is 18.9 Å². The second-order valence-electron chi connectivity index (χ2n) is 8.83. The van der Waals surface area contributed by atoms with E-state index in [1.807, 2.05) is 0 Å². The standard InChI is InChI=1S/C27H27F3N4O3/c1-37-22-12-10-18(11-13-22)24(25(35)33-20-7-3-2-4-8-20)34(26(36)23-17-31-14-15-32-23)21-9-5-6-19(16-21)27(28,29)30/h5-6,9-17,20,24H,2-4,7-8H2,1H3,(H,33,35). The summed E-state index contributed by atoms with van der Waals surface area (Å²) in [4.78, 5) is 36.6. The average Bonchev–Trinajstić information content (AvgIpc) is 2.92. The van der Waals surface area contributed by atoms with Crippen LogP contribution in [0.2, 0.25) is 0 Å². The van der Waals surface area contributed by atoms with E-state index in [0.29, 0.717) is 11.3 Å². The molecule has 1 heterocycles. The van der Waals surface area contributed by atoms with Crippen LogP contribution >= 0.6 is 0 Å². The molecule has 1 aliphatic carbocycles. The molecule has 7 nitrogen and oxygen atoms in total. The van der Waals surface area contributed by atoms with E-state index in [1.165, 1.54) is 37.8 Å². The highest BCUT2D eigenvalue weighted by molar-refractivity contribution is 6.09. The van der Waals surface area contributed by atoms with Crippen LogP contribution in [0, 0.1) is 0 Å². The average molecular weight is 513 g/mol. The Morgan fingerprint density at radius 3 is 2.41 bits per heavy atom. The molecule has 1 N–H and O–H groups in total. The molecule has 37 heavy (non-hydrogen) atoms. The number of amides is 2. The summed E-state index contributed by atoms with van der Waals surface area (Å²) in [5, 5.41) is 3.03. The van der Waals surface area contributed by atoms with Gasteiger partial charge in [-0.15, -0.1) is 0 Å². The molecule has 1 fully saturated rings. The fraction of sp³-hybridized carbons (Fsp3) is 0.333. The van der Waals surface area contributed by atoms with Crippen molar-refractivity contribution in [2.24, 2.45) is 0 Å². The highest BCUT2D eigenvalue weighted by atomic mass is 19.4. The number of aromatic nitrogens is 2. The van der Waals surface area contributed by atoms with Gasteiger partial charge in [-0.1, -0.05) is 37.5 Å². The Morgan fingerprint density at radius 2 is 1.78 bits per heavy atom. The van der Waals surface area contributed by atoms with Crippen LogP contribution in [-0.4, -0.2) is 34.9 Å². The smallest absolute Gasteiger partial charge is 0.416 e. The zero-order chi connectivity index (χ0) is 26.4. The molecule has 0 spiro atoms. The summed E-state index contributed by atoms with van der Waals surface area (Å²) in [6.07, 6.45) is 3.86. The van der Waals surface area contributed by atoms with E-state index in [0.717, 1.165) is 49.1 Å². The Morgan fingerprint density at radius 1 is 1.05 bits per heavy atom. The number of carbonyl (C=O) groups is 2. The van der Waals surface area contributed by atoms with E-state index < -0.39 is 29.6 Å². The van der Waals surface area contributed by atoms with Crippen molar-refractivity contribution in [1.82, 2.24) is 15.3 Å². The maximum Gasteiger partial charge on any atom is 0.416 e. The second kappa shape index (κ2) is 11.4. The molecule has 1 aliphatic rings. The molecule has 1 atom stereocenters. The summed E-state index contributed by atoms with van der Waals surface area (Å²) in [6, 6.07) is 9.50. The minimum Gasteiger partial charge on any atom is -0.497 e. The number of hydrogen-bond donors (Lipinski definition) is 1. The van der Waals surface area contributed by atoms with Gasteiger partial charge in [0.1, 0.15) is 17.5 Å². The molecule has 3 aromatic rings. The largest absolute Gasteiger partial charge is 0.497 e. The van der Waals surface area contributed by atoms with Gasteiger partial charge in [-0.2, -0.15) is 13.2 Å². The SMILES string of the molecule is COc1ccc(C(C(=O)NC2CCCCC2)N(C(=O)c2cnccn2)c2cccc(C(F)(F)F)c2)cc1. The Kier molecular flexibility index (Phi) is 8.05. The van der Waals surface area contributed by atoms with E-state index in [4.69, 9.17) is 4.74 Å². The first-order valence-electron chi connectivity index (χ1n) is 12.0. The van der Waals surface area contributed by atoms with Gasteiger partial charge in [-0.3, -0.25) is 19.5 Å². The van der Waals surface area contributed by atoms with Crippen molar-refractivity contribution in [2.45, 2.75) is 50.4 Å². The second-order valence-corrected chi connectivity index (χ2v) is 8.83. The highest BCUT2D eigenvalue weighted by Crippen LogP contribution is 2.36. The van der Waals surface area contributed by atoms with E-state index in [-0.39, 0.29) is 17.4 Å². The lowest BCUT2D eigenvalue weighted by Crippen LogP contribution is -2.47. The third-order valence-electron chi connectivity index (χ3n) is 6.34. The molecular formula is C27H27F3N4O3. The number of benzene rings is 2. The quantitative estimate of drug-likeness (QED) is 0.462. The fourth-order valence-corrected chi connectivity index (χ4v) is 4.48. The maximum absolute atomic E-state index is 13.8. The molecule has 1 unspecified atom stereocenters. The van der Waals surface area contributed by atoms with Crippen LogP contribution in [-0.2, 0) is 11.0 Å². The zero-order valence-corrected chi connectivity index (χ0v) is 20.2. The number of nitrogens with zero attached hydrogens (tertiary/aromatic N) is 3. The van der Waals surface area contributed by atoms with Gasteiger partial charge in [0.15, 0.2) is 0 Å². The van der Waals surface area contributed by atoms with Crippen LogP contribution in [0.5, 0.6) is 5.75 Å². The van der Waals surface area contributed by atoms with Crippen LogP contribution in [0.3, 0.4) is 0 Å². The van der Waals surface area contributed by atoms with E-state index in [9.17, 15) is 22.8 Å². The Hall–Kier alpha value is -3.95. The lowest BCUT2D eigenvalue weighted by atomic mass is 9.94. The van der Waals surface area contributed by atoms with E-state index >= 15 is 0 Å². The van der Waals surface area contributed by atoms with E-state index in [1.54, 1.807) is 24.3 Å². The zero-order valence-electron chi connectivity index (χ0n) is 20.2. The van der Waals surface area contributed by atoms with Crippen molar-refractivity contribution in [3.8, 4) is 5.75 Å². The van der Waals surface area contributed by atoms with Gasteiger partial charge in [-0.25, -0.2) is 4.98 Å². The summed E-state index contributed by atoms with van der Waals surface area (Å²) < 4.78 is 46.1. The number of halogens is 3. The number of alkyl halides is 3. The first-order valence-corrected chi connectivity index (χ1v) is 12.0. The predicted molar refractivity (Wildman–Crippen MR) is 131 cm³/mol. The van der Waals surface area contributed by atoms with Gasteiger partial charge in [0.05, 0.1) is 18.9 Å². The molecule has 0 radical (unpaired) electrons. The number of rotatable bonds is 7. The third-order valence-corrected chi connectivity index (χ3v) is 6.34. The fourth-order valence-electron chi connectivity index (χ4n) is 4.48. The molecule has 10 heteroatoms. The summed E-state index contributed by atoms with van der Waals surface area (Å²) >= 11 is 0. The number of carbonyl (C=O) groups excluding carboxylic acids is 2. The monoisotopic (exact) mass is 512 g/mol. The molecule has 0 saturated heterocycles. The molecule has 1 aromatic heterocycles.